The fourth-order valence-electron chi connectivity index (χ4n) is 2.85. The lowest BCUT2D eigenvalue weighted by Gasteiger charge is -2.36. The fourth-order valence-corrected chi connectivity index (χ4v) is 2.97. The van der Waals surface area contributed by atoms with Gasteiger partial charge in [0.1, 0.15) is 11.6 Å². The molecular weight excluding hydrogens is 343 g/mol. The Kier molecular flexibility index (Phi) is 5.43. The summed E-state index contributed by atoms with van der Waals surface area (Å²) in [5.41, 5.74) is 1.49. The van der Waals surface area contributed by atoms with Crippen LogP contribution in [0.1, 0.15) is 5.56 Å². The molecule has 0 saturated carbocycles. The predicted octanol–water partition coefficient (Wildman–Crippen LogP) is 3.52. The molecule has 0 N–H and O–H groups in total. The van der Waals surface area contributed by atoms with Crippen molar-refractivity contribution in [1.82, 2.24) is 4.90 Å². The number of para-hydroxylation sites is 1. The molecule has 2 aromatic carbocycles. The molecule has 0 spiro atoms. The maximum Gasteiger partial charge on any atom is 0.260 e. The van der Waals surface area contributed by atoms with Gasteiger partial charge in [-0.1, -0.05) is 23.7 Å². The molecule has 3 rings (SSSR count). The van der Waals surface area contributed by atoms with Crippen LogP contribution in [0.2, 0.25) is 5.02 Å². The normalized spacial score (nSPS) is 14.5. The summed E-state index contributed by atoms with van der Waals surface area (Å²) in [6.07, 6.45) is 0. The van der Waals surface area contributed by atoms with E-state index in [0.29, 0.717) is 42.6 Å². The molecule has 1 aliphatic rings. The molecule has 2 aromatic rings. The summed E-state index contributed by atoms with van der Waals surface area (Å²) in [4.78, 5) is 16.0. The number of hydrogen-bond acceptors (Lipinski definition) is 3. The van der Waals surface area contributed by atoms with E-state index in [4.69, 9.17) is 16.3 Å². The van der Waals surface area contributed by atoms with Gasteiger partial charge in [-0.05, 0) is 42.8 Å². The van der Waals surface area contributed by atoms with Crippen LogP contribution in [0.3, 0.4) is 0 Å². The molecule has 0 bridgehead atoms. The summed E-state index contributed by atoms with van der Waals surface area (Å²) in [5, 5.41) is 0.669. The third-order valence-corrected chi connectivity index (χ3v) is 4.74. The van der Waals surface area contributed by atoms with Crippen LogP contribution >= 0.6 is 11.6 Å². The number of piperazine rings is 1. The van der Waals surface area contributed by atoms with Crippen molar-refractivity contribution in [3.05, 3.63) is 58.9 Å². The SMILES string of the molecule is Cc1cc(OCC(=O)N2CCN(c3ccccc3F)CC2)ccc1Cl. The third kappa shape index (κ3) is 4.23. The summed E-state index contributed by atoms with van der Waals surface area (Å²) >= 11 is 5.98. The molecule has 1 heterocycles. The number of benzene rings is 2. The van der Waals surface area contributed by atoms with E-state index in [0.717, 1.165) is 5.56 Å². The molecule has 0 radical (unpaired) electrons. The van der Waals surface area contributed by atoms with Crippen LogP contribution in [0.5, 0.6) is 5.75 Å². The zero-order valence-corrected chi connectivity index (χ0v) is 14.8. The molecule has 1 fully saturated rings. The summed E-state index contributed by atoms with van der Waals surface area (Å²) in [6, 6.07) is 12.0. The van der Waals surface area contributed by atoms with E-state index in [1.165, 1.54) is 6.07 Å². The fraction of sp³-hybridized carbons (Fsp3) is 0.316. The van der Waals surface area contributed by atoms with Crippen LogP contribution in [-0.4, -0.2) is 43.6 Å². The molecule has 0 unspecified atom stereocenters. The van der Waals surface area contributed by atoms with E-state index < -0.39 is 0 Å². The zero-order chi connectivity index (χ0) is 17.8. The van der Waals surface area contributed by atoms with Crippen LogP contribution in [0.25, 0.3) is 0 Å². The molecule has 132 valence electrons. The van der Waals surface area contributed by atoms with Gasteiger partial charge in [0.2, 0.25) is 0 Å². The van der Waals surface area contributed by atoms with Crippen molar-refractivity contribution in [2.45, 2.75) is 6.92 Å². The third-order valence-electron chi connectivity index (χ3n) is 4.32. The Morgan fingerprint density at radius 2 is 1.88 bits per heavy atom. The first-order chi connectivity index (χ1) is 12.0. The number of hydrogen-bond donors (Lipinski definition) is 0. The number of amides is 1. The Bertz CT molecular complexity index is 761. The average Bonchev–Trinajstić information content (AvgIpc) is 2.63. The standard InChI is InChI=1S/C19H20ClFN2O2/c1-14-12-15(6-7-16(14)20)25-13-19(24)23-10-8-22(9-11-23)18-5-3-2-4-17(18)21/h2-7,12H,8-11,13H2,1H3. The van der Waals surface area contributed by atoms with Crippen molar-refractivity contribution in [3.8, 4) is 5.75 Å². The van der Waals surface area contributed by atoms with Gasteiger partial charge in [-0.25, -0.2) is 4.39 Å². The minimum Gasteiger partial charge on any atom is -0.484 e. The largest absolute Gasteiger partial charge is 0.484 e. The zero-order valence-electron chi connectivity index (χ0n) is 14.0. The summed E-state index contributed by atoms with van der Waals surface area (Å²) in [6.45, 7) is 4.19. The van der Waals surface area contributed by atoms with Gasteiger partial charge in [-0.15, -0.1) is 0 Å². The lowest BCUT2D eigenvalue weighted by molar-refractivity contribution is -0.133. The quantitative estimate of drug-likeness (QED) is 0.834. The molecule has 25 heavy (non-hydrogen) atoms. The van der Waals surface area contributed by atoms with Gasteiger partial charge in [-0.3, -0.25) is 4.79 Å². The highest BCUT2D eigenvalue weighted by atomic mass is 35.5. The summed E-state index contributed by atoms with van der Waals surface area (Å²) < 4.78 is 19.4. The number of nitrogens with zero attached hydrogens (tertiary/aromatic N) is 2. The molecule has 4 nitrogen and oxygen atoms in total. The molecule has 0 aliphatic carbocycles. The molecule has 6 heteroatoms. The van der Waals surface area contributed by atoms with Crippen LogP contribution < -0.4 is 9.64 Å². The average molecular weight is 363 g/mol. The minimum absolute atomic E-state index is 0.0131. The Morgan fingerprint density at radius 3 is 2.56 bits per heavy atom. The van der Waals surface area contributed by atoms with Crippen LogP contribution in [-0.2, 0) is 4.79 Å². The van der Waals surface area contributed by atoms with Crippen molar-refractivity contribution < 1.29 is 13.9 Å². The first-order valence-electron chi connectivity index (χ1n) is 8.21. The summed E-state index contributed by atoms with van der Waals surface area (Å²) in [5.74, 6) is 0.324. The summed E-state index contributed by atoms with van der Waals surface area (Å²) in [7, 11) is 0. The number of anilines is 1. The lowest BCUT2D eigenvalue weighted by atomic mass is 10.2. The van der Waals surface area contributed by atoms with E-state index >= 15 is 0 Å². The monoisotopic (exact) mass is 362 g/mol. The molecule has 1 aliphatic heterocycles. The van der Waals surface area contributed by atoms with Crippen LogP contribution in [0.15, 0.2) is 42.5 Å². The smallest absolute Gasteiger partial charge is 0.260 e. The number of carbonyl (C=O) groups excluding carboxylic acids is 1. The Labute approximate surface area is 151 Å². The van der Waals surface area contributed by atoms with Gasteiger partial charge in [0.25, 0.3) is 5.91 Å². The van der Waals surface area contributed by atoms with E-state index in [9.17, 15) is 9.18 Å². The Hall–Kier alpha value is -2.27. The van der Waals surface area contributed by atoms with Gasteiger partial charge in [0.05, 0.1) is 5.69 Å². The second-order valence-electron chi connectivity index (χ2n) is 6.02. The molecule has 0 atom stereocenters. The van der Waals surface area contributed by atoms with Crippen molar-refractivity contribution in [1.29, 1.82) is 0 Å². The van der Waals surface area contributed by atoms with E-state index in [2.05, 4.69) is 0 Å². The van der Waals surface area contributed by atoms with Gasteiger partial charge in [-0.2, -0.15) is 0 Å². The van der Waals surface area contributed by atoms with Gasteiger partial charge in [0, 0.05) is 31.2 Å². The number of aryl methyl sites for hydroxylation is 1. The van der Waals surface area contributed by atoms with Crippen molar-refractivity contribution >= 4 is 23.2 Å². The molecule has 1 saturated heterocycles. The van der Waals surface area contributed by atoms with E-state index in [1.807, 2.05) is 24.0 Å². The highest BCUT2D eigenvalue weighted by Gasteiger charge is 2.22. The number of ether oxygens (including phenoxy) is 1. The Balaban J connectivity index is 1.51. The van der Waals surface area contributed by atoms with Gasteiger partial charge < -0.3 is 14.5 Å². The van der Waals surface area contributed by atoms with Gasteiger partial charge >= 0.3 is 0 Å². The molecule has 0 aromatic heterocycles. The second-order valence-corrected chi connectivity index (χ2v) is 6.43. The molecular formula is C19H20ClFN2O2. The van der Waals surface area contributed by atoms with Crippen LogP contribution in [0.4, 0.5) is 10.1 Å². The van der Waals surface area contributed by atoms with Crippen molar-refractivity contribution in [2.24, 2.45) is 0 Å². The lowest BCUT2D eigenvalue weighted by Crippen LogP contribution is -2.50. The first kappa shape index (κ1) is 17.5. The number of rotatable bonds is 4. The number of halogens is 2. The van der Waals surface area contributed by atoms with Crippen LogP contribution in [0, 0.1) is 12.7 Å². The maximum atomic E-state index is 13.8. The topological polar surface area (TPSA) is 32.8 Å². The minimum atomic E-state index is -0.233. The predicted molar refractivity (Wildman–Crippen MR) is 96.9 cm³/mol. The number of carbonyl (C=O) groups is 1. The van der Waals surface area contributed by atoms with E-state index in [-0.39, 0.29) is 18.3 Å². The first-order valence-corrected chi connectivity index (χ1v) is 8.58. The van der Waals surface area contributed by atoms with Gasteiger partial charge in [0.15, 0.2) is 6.61 Å². The van der Waals surface area contributed by atoms with E-state index in [1.54, 1.807) is 29.2 Å². The highest BCUT2D eigenvalue weighted by molar-refractivity contribution is 6.31. The van der Waals surface area contributed by atoms with Crippen molar-refractivity contribution in [2.75, 3.05) is 37.7 Å². The van der Waals surface area contributed by atoms with Crippen molar-refractivity contribution in [3.63, 3.8) is 0 Å². The molecule has 1 amide bonds. The Morgan fingerprint density at radius 1 is 1.16 bits per heavy atom. The maximum absolute atomic E-state index is 13.8. The highest BCUT2D eigenvalue weighted by Crippen LogP contribution is 2.22. The second kappa shape index (κ2) is 7.74.